The summed E-state index contributed by atoms with van der Waals surface area (Å²) in [6.45, 7) is 0.318. The Kier molecular flexibility index (Phi) is 4.50. The molecule has 1 heterocycles. The maximum absolute atomic E-state index is 12.0. The van der Waals surface area contributed by atoms with Gasteiger partial charge in [-0.25, -0.2) is 0 Å². The number of hydrogen-bond acceptors (Lipinski definition) is 4. The van der Waals surface area contributed by atoms with Crippen LogP contribution in [0, 0.1) is 0 Å². The Bertz CT molecular complexity index is 613. The SMILES string of the molecule is COc1ccc(N2C[C@@H](NS(=O)(=O)N(C)C)CC2=O)cc1. The summed E-state index contributed by atoms with van der Waals surface area (Å²) in [5.74, 6) is 0.599. The third-order valence-electron chi connectivity index (χ3n) is 3.31. The lowest BCUT2D eigenvalue weighted by molar-refractivity contribution is -0.117. The summed E-state index contributed by atoms with van der Waals surface area (Å²) in [6, 6.07) is 6.66. The van der Waals surface area contributed by atoms with Crippen molar-refractivity contribution in [3.05, 3.63) is 24.3 Å². The van der Waals surface area contributed by atoms with E-state index in [0.29, 0.717) is 12.3 Å². The molecule has 0 bridgehead atoms. The van der Waals surface area contributed by atoms with E-state index in [1.54, 1.807) is 36.3 Å². The van der Waals surface area contributed by atoms with Crippen molar-refractivity contribution in [3.63, 3.8) is 0 Å². The second kappa shape index (κ2) is 6.00. The molecule has 0 aromatic heterocycles. The Morgan fingerprint density at radius 2 is 1.90 bits per heavy atom. The van der Waals surface area contributed by atoms with E-state index in [4.69, 9.17) is 4.74 Å². The monoisotopic (exact) mass is 313 g/mol. The molecule has 0 unspecified atom stereocenters. The number of carbonyl (C=O) groups excluding carboxylic acids is 1. The van der Waals surface area contributed by atoms with Gasteiger partial charge < -0.3 is 9.64 Å². The van der Waals surface area contributed by atoms with Crippen LogP contribution in [0.4, 0.5) is 5.69 Å². The van der Waals surface area contributed by atoms with E-state index in [1.165, 1.54) is 14.1 Å². The highest BCUT2D eigenvalue weighted by molar-refractivity contribution is 7.87. The summed E-state index contributed by atoms with van der Waals surface area (Å²) >= 11 is 0. The van der Waals surface area contributed by atoms with Crippen molar-refractivity contribution in [1.29, 1.82) is 0 Å². The molecule has 8 heteroatoms. The molecule has 1 aliphatic rings. The Hall–Kier alpha value is -1.64. The van der Waals surface area contributed by atoms with Crippen molar-refractivity contribution in [3.8, 4) is 5.75 Å². The molecule has 2 rings (SSSR count). The average Bonchev–Trinajstić information content (AvgIpc) is 2.78. The minimum atomic E-state index is -3.54. The molecule has 1 aliphatic heterocycles. The molecule has 0 spiro atoms. The molecular weight excluding hydrogens is 294 g/mol. The number of anilines is 1. The number of rotatable bonds is 5. The zero-order valence-electron chi connectivity index (χ0n) is 12.2. The van der Waals surface area contributed by atoms with Crippen LogP contribution in [0.2, 0.25) is 0 Å². The second-order valence-corrected chi connectivity index (χ2v) is 6.92. The van der Waals surface area contributed by atoms with Gasteiger partial charge in [0.25, 0.3) is 10.2 Å². The zero-order chi connectivity index (χ0) is 15.6. The average molecular weight is 313 g/mol. The third kappa shape index (κ3) is 3.52. The van der Waals surface area contributed by atoms with Gasteiger partial charge in [-0.05, 0) is 24.3 Å². The number of methoxy groups -OCH3 is 1. The van der Waals surface area contributed by atoms with Gasteiger partial charge in [0.15, 0.2) is 0 Å². The molecule has 0 radical (unpaired) electrons. The van der Waals surface area contributed by atoms with Crippen LogP contribution in [-0.2, 0) is 15.0 Å². The number of hydrogen-bond donors (Lipinski definition) is 1. The molecule has 1 N–H and O–H groups in total. The molecule has 0 aliphatic carbocycles. The van der Waals surface area contributed by atoms with Gasteiger partial charge in [0.05, 0.1) is 7.11 Å². The molecule has 1 fully saturated rings. The minimum Gasteiger partial charge on any atom is -0.497 e. The van der Waals surface area contributed by atoms with E-state index in [9.17, 15) is 13.2 Å². The molecule has 1 aromatic carbocycles. The van der Waals surface area contributed by atoms with E-state index in [1.807, 2.05) is 0 Å². The van der Waals surface area contributed by atoms with Crippen LogP contribution in [0.3, 0.4) is 0 Å². The molecule has 1 aromatic rings. The first-order valence-corrected chi connectivity index (χ1v) is 7.91. The number of carbonyl (C=O) groups is 1. The van der Waals surface area contributed by atoms with E-state index >= 15 is 0 Å². The van der Waals surface area contributed by atoms with Crippen molar-refractivity contribution in [2.45, 2.75) is 12.5 Å². The number of ether oxygens (including phenoxy) is 1. The first-order chi connectivity index (χ1) is 9.83. The van der Waals surface area contributed by atoms with Crippen molar-refractivity contribution < 1.29 is 17.9 Å². The van der Waals surface area contributed by atoms with Crippen LogP contribution in [-0.4, -0.2) is 52.4 Å². The molecule has 21 heavy (non-hydrogen) atoms. The fraction of sp³-hybridized carbons (Fsp3) is 0.462. The lowest BCUT2D eigenvalue weighted by atomic mass is 10.3. The van der Waals surface area contributed by atoms with Crippen LogP contribution in [0.5, 0.6) is 5.75 Å². The fourth-order valence-electron chi connectivity index (χ4n) is 2.11. The van der Waals surface area contributed by atoms with Gasteiger partial charge in [0.2, 0.25) is 5.91 Å². The largest absolute Gasteiger partial charge is 0.497 e. The summed E-state index contributed by atoms with van der Waals surface area (Å²) in [6.07, 6.45) is 0.152. The van der Waals surface area contributed by atoms with Crippen molar-refractivity contribution in [2.24, 2.45) is 0 Å². The normalized spacial score (nSPS) is 19.3. The highest BCUT2D eigenvalue weighted by atomic mass is 32.2. The topological polar surface area (TPSA) is 79.0 Å². The third-order valence-corrected chi connectivity index (χ3v) is 4.90. The Morgan fingerprint density at radius 3 is 2.43 bits per heavy atom. The Balaban J connectivity index is 2.09. The number of benzene rings is 1. The lowest BCUT2D eigenvalue weighted by Gasteiger charge is -2.19. The molecule has 1 amide bonds. The molecular formula is C13H19N3O4S. The summed E-state index contributed by atoms with van der Waals surface area (Å²) in [5, 5.41) is 0. The van der Waals surface area contributed by atoms with Crippen molar-refractivity contribution in [1.82, 2.24) is 9.03 Å². The molecule has 7 nitrogen and oxygen atoms in total. The van der Waals surface area contributed by atoms with Crippen molar-refractivity contribution in [2.75, 3.05) is 32.6 Å². The van der Waals surface area contributed by atoms with Crippen LogP contribution in [0.15, 0.2) is 24.3 Å². The fourth-order valence-corrected chi connectivity index (χ4v) is 2.90. The first-order valence-electron chi connectivity index (χ1n) is 6.47. The summed E-state index contributed by atoms with van der Waals surface area (Å²) in [5.41, 5.74) is 0.729. The van der Waals surface area contributed by atoms with Gasteiger partial charge in [-0.2, -0.15) is 17.4 Å². The Labute approximate surface area is 124 Å². The first kappa shape index (κ1) is 15.7. The Morgan fingerprint density at radius 1 is 1.29 bits per heavy atom. The quantitative estimate of drug-likeness (QED) is 0.842. The maximum Gasteiger partial charge on any atom is 0.279 e. The lowest BCUT2D eigenvalue weighted by Crippen LogP contribution is -2.43. The number of nitrogens with zero attached hydrogens (tertiary/aromatic N) is 2. The summed E-state index contributed by atoms with van der Waals surface area (Å²) in [7, 11) is 0.924. The summed E-state index contributed by atoms with van der Waals surface area (Å²) in [4.78, 5) is 13.6. The predicted molar refractivity (Wildman–Crippen MR) is 79.5 cm³/mol. The highest BCUT2D eigenvalue weighted by Gasteiger charge is 2.33. The van der Waals surface area contributed by atoms with Crippen molar-refractivity contribution >= 4 is 21.8 Å². The van der Waals surface area contributed by atoms with E-state index < -0.39 is 16.3 Å². The second-order valence-electron chi connectivity index (χ2n) is 5.01. The zero-order valence-corrected chi connectivity index (χ0v) is 13.1. The van der Waals surface area contributed by atoms with Gasteiger partial charge in [0.1, 0.15) is 5.75 Å². The summed E-state index contributed by atoms with van der Waals surface area (Å²) < 4.78 is 32.3. The van der Waals surface area contributed by atoms with E-state index in [2.05, 4.69) is 4.72 Å². The predicted octanol–water partition coefficient (Wildman–Crippen LogP) is 0.197. The van der Waals surface area contributed by atoms with Gasteiger partial charge in [-0.1, -0.05) is 0 Å². The van der Waals surface area contributed by atoms with E-state index in [-0.39, 0.29) is 12.3 Å². The van der Waals surface area contributed by atoms with Crippen LogP contribution in [0.1, 0.15) is 6.42 Å². The highest BCUT2D eigenvalue weighted by Crippen LogP contribution is 2.24. The van der Waals surface area contributed by atoms with E-state index in [0.717, 1.165) is 9.99 Å². The van der Waals surface area contributed by atoms with Gasteiger partial charge in [-0.15, -0.1) is 0 Å². The van der Waals surface area contributed by atoms with Crippen LogP contribution >= 0.6 is 0 Å². The number of nitrogens with one attached hydrogen (secondary N) is 1. The molecule has 1 saturated heterocycles. The molecule has 116 valence electrons. The van der Waals surface area contributed by atoms with Gasteiger partial charge >= 0.3 is 0 Å². The number of amides is 1. The minimum absolute atomic E-state index is 0.105. The maximum atomic E-state index is 12.0. The van der Waals surface area contributed by atoms with Gasteiger partial charge in [0, 0.05) is 38.8 Å². The van der Waals surface area contributed by atoms with Gasteiger partial charge in [-0.3, -0.25) is 4.79 Å². The smallest absolute Gasteiger partial charge is 0.279 e. The standard InChI is InChI=1S/C13H19N3O4S/c1-15(2)21(18,19)14-10-8-13(17)16(9-10)11-4-6-12(20-3)7-5-11/h4-7,10,14H,8-9H2,1-3H3/t10-/m0/s1. The van der Waals surface area contributed by atoms with Crippen LogP contribution < -0.4 is 14.4 Å². The molecule has 0 saturated carbocycles. The molecule has 1 atom stereocenters. The van der Waals surface area contributed by atoms with Crippen LogP contribution in [0.25, 0.3) is 0 Å².